The molecule has 0 unspecified atom stereocenters. The predicted molar refractivity (Wildman–Crippen MR) is 76.2 cm³/mol. The molecule has 0 radical (unpaired) electrons. The zero-order chi connectivity index (χ0) is 14.0. The summed E-state index contributed by atoms with van der Waals surface area (Å²) in [4.78, 5) is 30.7. The number of aryl methyl sites for hydroxylation is 1. The first-order chi connectivity index (χ1) is 9.00. The predicted octanol–water partition coefficient (Wildman–Crippen LogP) is 2.01. The van der Waals surface area contributed by atoms with Crippen LogP contribution < -0.4 is 11.2 Å². The minimum Gasteiger partial charge on any atom is -0.297 e. The summed E-state index contributed by atoms with van der Waals surface area (Å²) in [5.41, 5.74) is -0.350. The van der Waals surface area contributed by atoms with E-state index in [1.807, 2.05) is 19.2 Å². The molecular formula is C12H14ClN3O2S. The Bertz CT molecular complexity index is 673. The summed E-state index contributed by atoms with van der Waals surface area (Å²) in [7, 11) is 0. The molecule has 0 saturated carbocycles. The lowest BCUT2D eigenvalue weighted by atomic mass is 10.1. The molecule has 0 aromatic carbocycles. The number of nitrogens with zero attached hydrogens (tertiary/aromatic N) is 2. The van der Waals surface area contributed by atoms with E-state index in [4.69, 9.17) is 11.6 Å². The number of nitrogens with one attached hydrogen (secondary N) is 1. The fourth-order valence-electron chi connectivity index (χ4n) is 1.85. The van der Waals surface area contributed by atoms with Crippen LogP contribution in [-0.4, -0.2) is 14.5 Å². The van der Waals surface area contributed by atoms with Crippen molar-refractivity contribution < 1.29 is 0 Å². The topological polar surface area (TPSA) is 67.8 Å². The van der Waals surface area contributed by atoms with Crippen LogP contribution >= 0.6 is 22.9 Å². The second-order valence-electron chi connectivity index (χ2n) is 4.45. The van der Waals surface area contributed by atoms with Crippen LogP contribution in [-0.2, 0) is 13.0 Å². The Morgan fingerprint density at radius 3 is 2.79 bits per heavy atom. The number of aromatic amines is 1. The Morgan fingerprint density at radius 1 is 1.47 bits per heavy atom. The van der Waals surface area contributed by atoms with Gasteiger partial charge in [-0.2, -0.15) is 0 Å². The van der Waals surface area contributed by atoms with Gasteiger partial charge in [-0.1, -0.05) is 25.4 Å². The molecule has 2 heterocycles. The number of hydrogen-bond acceptors (Lipinski definition) is 4. The van der Waals surface area contributed by atoms with Crippen LogP contribution in [0.4, 0.5) is 0 Å². The fraction of sp³-hybridized carbons (Fsp3) is 0.417. The summed E-state index contributed by atoms with van der Waals surface area (Å²) in [6.45, 7) is 4.04. The van der Waals surface area contributed by atoms with Crippen LogP contribution in [0.15, 0.2) is 21.2 Å². The Hall–Kier alpha value is -1.40. The molecule has 0 amide bonds. The SMILES string of the molecule is CC(C)c1c(Cl)[nH]c(=O)n(CCc2nccs2)c1=O. The summed E-state index contributed by atoms with van der Waals surface area (Å²) in [6.07, 6.45) is 2.26. The van der Waals surface area contributed by atoms with E-state index in [2.05, 4.69) is 9.97 Å². The van der Waals surface area contributed by atoms with Gasteiger partial charge < -0.3 is 0 Å². The van der Waals surface area contributed by atoms with Crippen LogP contribution in [0, 0.1) is 0 Å². The molecule has 2 rings (SSSR count). The van der Waals surface area contributed by atoms with E-state index in [-0.39, 0.29) is 16.6 Å². The zero-order valence-electron chi connectivity index (χ0n) is 10.6. The van der Waals surface area contributed by atoms with Crippen LogP contribution in [0.1, 0.15) is 30.3 Å². The number of halogens is 1. The number of hydrogen-bond donors (Lipinski definition) is 1. The molecule has 1 N–H and O–H groups in total. The first-order valence-electron chi connectivity index (χ1n) is 5.91. The second kappa shape index (κ2) is 5.71. The summed E-state index contributed by atoms with van der Waals surface area (Å²) in [6, 6.07) is 0. The van der Waals surface area contributed by atoms with Crippen LogP contribution in [0.2, 0.25) is 5.15 Å². The Labute approximate surface area is 118 Å². The molecule has 102 valence electrons. The maximum atomic E-state index is 12.3. The van der Waals surface area contributed by atoms with Gasteiger partial charge >= 0.3 is 5.69 Å². The van der Waals surface area contributed by atoms with Gasteiger partial charge in [0.2, 0.25) is 0 Å². The van der Waals surface area contributed by atoms with Gasteiger partial charge in [0.15, 0.2) is 0 Å². The van der Waals surface area contributed by atoms with E-state index >= 15 is 0 Å². The van der Waals surface area contributed by atoms with Gasteiger partial charge in [-0.05, 0) is 5.92 Å². The van der Waals surface area contributed by atoms with Crippen molar-refractivity contribution in [2.75, 3.05) is 0 Å². The lowest BCUT2D eigenvalue weighted by Gasteiger charge is -2.10. The quantitative estimate of drug-likeness (QED) is 0.878. The number of thiazole rings is 1. The standard InChI is InChI=1S/C12H14ClN3O2S/c1-7(2)9-10(13)15-12(18)16(11(9)17)5-3-8-14-4-6-19-8/h4,6-7H,3,5H2,1-2H3,(H,15,18). The van der Waals surface area contributed by atoms with Gasteiger partial charge in [0, 0.05) is 24.5 Å². The van der Waals surface area contributed by atoms with Crippen LogP contribution in [0.5, 0.6) is 0 Å². The average molecular weight is 300 g/mol. The third-order valence-corrected chi connectivity index (χ3v) is 3.92. The highest BCUT2D eigenvalue weighted by Gasteiger charge is 2.15. The molecule has 19 heavy (non-hydrogen) atoms. The van der Waals surface area contributed by atoms with Crippen molar-refractivity contribution in [3.63, 3.8) is 0 Å². The molecule has 0 aliphatic rings. The van der Waals surface area contributed by atoms with E-state index in [0.29, 0.717) is 18.5 Å². The van der Waals surface area contributed by atoms with Crippen molar-refractivity contribution in [3.05, 3.63) is 48.1 Å². The third-order valence-electron chi connectivity index (χ3n) is 2.78. The highest BCUT2D eigenvalue weighted by molar-refractivity contribution is 7.09. The monoisotopic (exact) mass is 299 g/mol. The zero-order valence-corrected chi connectivity index (χ0v) is 12.2. The van der Waals surface area contributed by atoms with Gasteiger partial charge in [-0.25, -0.2) is 9.78 Å². The normalized spacial score (nSPS) is 11.2. The summed E-state index contributed by atoms with van der Waals surface area (Å²) < 4.78 is 1.18. The number of H-pyrrole nitrogens is 1. The highest BCUT2D eigenvalue weighted by atomic mass is 35.5. The smallest absolute Gasteiger partial charge is 0.297 e. The average Bonchev–Trinajstić information content (AvgIpc) is 2.80. The van der Waals surface area contributed by atoms with Gasteiger partial charge in [0.25, 0.3) is 5.56 Å². The minimum atomic E-state index is -0.476. The van der Waals surface area contributed by atoms with E-state index < -0.39 is 5.69 Å². The van der Waals surface area contributed by atoms with E-state index in [1.165, 1.54) is 15.9 Å². The summed E-state index contributed by atoms with van der Waals surface area (Å²) >= 11 is 7.43. The van der Waals surface area contributed by atoms with Crippen LogP contribution in [0.25, 0.3) is 0 Å². The minimum absolute atomic E-state index is 0.0389. The van der Waals surface area contributed by atoms with Crippen molar-refractivity contribution in [1.29, 1.82) is 0 Å². The molecule has 0 saturated heterocycles. The molecule has 0 atom stereocenters. The van der Waals surface area contributed by atoms with Gasteiger partial charge in [-0.15, -0.1) is 11.3 Å². The van der Waals surface area contributed by atoms with E-state index in [0.717, 1.165) is 5.01 Å². The first kappa shape index (κ1) is 14.0. The Balaban J connectivity index is 2.37. The van der Waals surface area contributed by atoms with Gasteiger partial charge in [-0.3, -0.25) is 14.3 Å². The lowest BCUT2D eigenvalue weighted by Crippen LogP contribution is -2.38. The molecular weight excluding hydrogens is 286 g/mol. The largest absolute Gasteiger partial charge is 0.329 e. The first-order valence-corrected chi connectivity index (χ1v) is 7.17. The Morgan fingerprint density at radius 2 is 2.21 bits per heavy atom. The second-order valence-corrected chi connectivity index (χ2v) is 5.80. The molecule has 5 nitrogen and oxygen atoms in total. The van der Waals surface area contributed by atoms with E-state index in [9.17, 15) is 9.59 Å². The molecule has 2 aromatic rings. The number of rotatable bonds is 4. The summed E-state index contributed by atoms with van der Waals surface area (Å²) in [5.74, 6) is -0.0389. The van der Waals surface area contributed by atoms with Crippen molar-refractivity contribution >= 4 is 22.9 Å². The number of aromatic nitrogens is 3. The molecule has 0 spiro atoms. The Kier molecular flexibility index (Phi) is 4.21. The van der Waals surface area contributed by atoms with Gasteiger partial charge in [0.05, 0.1) is 10.6 Å². The van der Waals surface area contributed by atoms with Crippen molar-refractivity contribution in [1.82, 2.24) is 14.5 Å². The molecule has 2 aromatic heterocycles. The molecule has 7 heteroatoms. The maximum absolute atomic E-state index is 12.3. The molecule has 0 fully saturated rings. The lowest BCUT2D eigenvalue weighted by molar-refractivity contribution is 0.610. The third kappa shape index (κ3) is 2.96. The fourth-order valence-corrected chi connectivity index (χ4v) is 2.84. The van der Waals surface area contributed by atoms with Crippen molar-refractivity contribution in [3.8, 4) is 0 Å². The maximum Gasteiger partial charge on any atom is 0.329 e. The van der Waals surface area contributed by atoms with Crippen LogP contribution in [0.3, 0.4) is 0 Å². The van der Waals surface area contributed by atoms with E-state index in [1.54, 1.807) is 6.20 Å². The van der Waals surface area contributed by atoms with Crippen molar-refractivity contribution in [2.24, 2.45) is 0 Å². The summed E-state index contributed by atoms with van der Waals surface area (Å²) in [5, 5.41) is 2.90. The molecule has 0 aliphatic carbocycles. The highest BCUT2D eigenvalue weighted by Crippen LogP contribution is 2.16. The molecule has 0 bridgehead atoms. The molecule has 0 aliphatic heterocycles. The van der Waals surface area contributed by atoms with Crippen molar-refractivity contribution in [2.45, 2.75) is 32.7 Å². The van der Waals surface area contributed by atoms with Gasteiger partial charge in [0.1, 0.15) is 5.15 Å².